The highest BCUT2D eigenvalue weighted by atomic mass is 15.1. The third kappa shape index (κ3) is 4.47. The van der Waals surface area contributed by atoms with Gasteiger partial charge in [-0.25, -0.2) is 4.98 Å². The molecule has 0 bridgehead atoms. The van der Waals surface area contributed by atoms with Gasteiger partial charge >= 0.3 is 0 Å². The number of aryl methyl sites for hydroxylation is 1. The topological polar surface area (TPSA) is 95.2 Å². The van der Waals surface area contributed by atoms with E-state index in [4.69, 9.17) is 4.98 Å². The number of aromatic amines is 2. The Morgan fingerprint density at radius 1 is 1.08 bits per heavy atom. The number of nitrogens with zero attached hydrogens (tertiary/aromatic N) is 4. The molecule has 7 heteroatoms. The molecule has 182 valence electrons. The second kappa shape index (κ2) is 9.35. The second-order valence-corrected chi connectivity index (χ2v) is 9.33. The van der Waals surface area contributed by atoms with Crippen molar-refractivity contribution in [2.24, 2.45) is 5.92 Å². The minimum Gasteiger partial charge on any atom is -0.358 e. The summed E-state index contributed by atoms with van der Waals surface area (Å²) >= 11 is 0. The molecule has 0 atom stereocenters. The van der Waals surface area contributed by atoms with Gasteiger partial charge in [0.25, 0.3) is 0 Å². The van der Waals surface area contributed by atoms with Gasteiger partial charge in [-0.05, 0) is 73.2 Å². The number of rotatable bonds is 8. The highest BCUT2D eigenvalue weighted by Crippen LogP contribution is 2.36. The van der Waals surface area contributed by atoms with Gasteiger partial charge in [0.1, 0.15) is 11.2 Å². The summed E-state index contributed by atoms with van der Waals surface area (Å²) in [5.74, 6) is 0.571. The van der Waals surface area contributed by atoms with E-state index in [0.29, 0.717) is 5.92 Å². The Bertz CT molecular complexity index is 1650. The number of anilines is 1. The van der Waals surface area contributed by atoms with Gasteiger partial charge < -0.3 is 10.3 Å². The molecule has 1 fully saturated rings. The average molecular weight is 486 g/mol. The van der Waals surface area contributed by atoms with E-state index < -0.39 is 0 Å². The van der Waals surface area contributed by atoms with Crippen molar-refractivity contribution in [1.82, 2.24) is 30.1 Å². The fourth-order valence-corrected chi connectivity index (χ4v) is 4.57. The smallest absolute Gasteiger partial charge is 0.135 e. The largest absolute Gasteiger partial charge is 0.358 e. The first-order valence-corrected chi connectivity index (χ1v) is 12.3. The van der Waals surface area contributed by atoms with Crippen LogP contribution in [0.2, 0.25) is 0 Å². The summed E-state index contributed by atoms with van der Waals surface area (Å²) in [6.07, 6.45) is 13.5. The fraction of sp³-hybridized carbons (Fsp3) is 0.133. The van der Waals surface area contributed by atoms with Crippen LogP contribution < -0.4 is 5.32 Å². The van der Waals surface area contributed by atoms with Crippen LogP contribution in [0.3, 0.4) is 0 Å². The molecule has 0 unspecified atom stereocenters. The van der Waals surface area contributed by atoms with E-state index in [1.165, 1.54) is 12.8 Å². The Labute approximate surface area is 215 Å². The van der Waals surface area contributed by atoms with Crippen LogP contribution in [0.1, 0.15) is 29.7 Å². The molecule has 1 saturated carbocycles. The molecule has 37 heavy (non-hydrogen) atoms. The summed E-state index contributed by atoms with van der Waals surface area (Å²) < 4.78 is 0. The van der Waals surface area contributed by atoms with Crippen molar-refractivity contribution >= 4 is 22.3 Å². The molecule has 0 amide bonds. The van der Waals surface area contributed by atoms with Crippen LogP contribution in [-0.2, 0) is 0 Å². The van der Waals surface area contributed by atoms with Crippen LogP contribution in [0.15, 0.2) is 92.2 Å². The van der Waals surface area contributed by atoms with Crippen LogP contribution in [0, 0.1) is 12.8 Å². The van der Waals surface area contributed by atoms with E-state index in [1.54, 1.807) is 18.5 Å². The third-order valence-corrected chi connectivity index (χ3v) is 6.65. The summed E-state index contributed by atoms with van der Waals surface area (Å²) in [5, 5.41) is 11.1. The number of pyridine rings is 3. The standard InChI is InChI=1S/C30H27N7/c1-4-5-24(21-10-12-31-13-11-21)25-15-28(34-19(25)3)30-29-27(36-37-30)9-8-26(35-29)22-14-23(17-32-16-22)33-18(2)20-6-7-20/h4-5,8-17,20,33-34H,1-2,6-7H2,3H3,(H,36,37)/b24-5-. The van der Waals surface area contributed by atoms with Crippen molar-refractivity contribution in [3.05, 3.63) is 109 Å². The molecular formula is C30H27N7. The zero-order chi connectivity index (χ0) is 25.4. The highest BCUT2D eigenvalue weighted by Gasteiger charge is 2.24. The summed E-state index contributed by atoms with van der Waals surface area (Å²) in [7, 11) is 0. The lowest BCUT2D eigenvalue weighted by molar-refractivity contribution is 1.02. The molecule has 7 nitrogen and oxygen atoms in total. The normalized spacial score (nSPS) is 13.6. The molecule has 3 N–H and O–H groups in total. The number of hydrogen-bond donors (Lipinski definition) is 3. The van der Waals surface area contributed by atoms with Crippen LogP contribution >= 0.6 is 0 Å². The van der Waals surface area contributed by atoms with Gasteiger partial charge in [0.2, 0.25) is 0 Å². The van der Waals surface area contributed by atoms with Crippen LogP contribution in [-0.4, -0.2) is 30.1 Å². The number of allylic oxidation sites excluding steroid dienone is 3. The van der Waals surface area contributed by atoms with Crippen LogP contribution in [0.4, 0.5) is 5.69 Å². The minimum atomic E-state index is 0.571. The van der Waals surface area contributed by atoms with E-state index in [1.807, 2.05) is 42.7 Å². The molecule has 0 radical (unpaired) electrons. The summed E-state index contributed by atoms with van der Waals surface area (Å²) in [6.45, 7) is 10.1. The Morgan fingerprint density at radius 2 is 1.92 bits per heavy atom. The number of hydrogen-bond acceptors (Lipinski definition) is 5. The Morgan fingerprint density at radius 3 is 2.70 bits per heavy atom. The fourth-order valence-electron chi connectivity index (χ4n) is 4.57. The van der Waals surface area contributed by atoms with Gasteiger partial charge in [-0.3, -0.25) is 15.1 Å². The minimum absolute atomic E-state index is 0.571. The number of fused-ring (bicyclic) bond motifs is 1. The maximum atomic E-state index is 4.98. The lowest BCUT2D eigenvalue weighted by atomic mass is 9.98. The van der Waals surface area contributed by atoms with Crippen LogP contribution in [0.5, 0.6) is 0 Å². The predicted octanol–water partition coefficient (Wildman–Crippen LogP) is 6.67. The molecule has 5 heterocycles. The molecule has 0 spiro atoms. The van der Waals surface area contributed by atoms with Gasteiger partial charge in [0, 0.05) is 41.1 Å². The molecule has 5 aromatic rings. The number of aromatic nitrogens is 6. The lowest BCUT2D eigenvalue weighted by Crippen LogP contribution is -2.00. The summed E-state index contributed by atoms with van der Waals surface area (Å²) in [6, 6.07) is 12.2. The maximum Gasteiger partial charge on any atom is 0.135 e. The van der Waals surface area contributed by atoms with Crippen LogP contribution in [0.25, 0.3) is 39.3 Å². The SMILES string of the molecule is C=C/C=C(/c1ccncc1)c1cc(-c2n[nH]c3ccc(-c4cncc(NC(=C)C5CC5)c4)nc23)[nH]c1C. The van der Waals surface area contributed by atoms with Gasteiger partial charge in [-0.1, -0.05) is 25.3 Å². The van der Waals surface area contributed by atoms with Crippen molar-refractivity contribution in [1.29, 1.82) is 0 Å². The molecule has 0 aromatic carbocycles. The van der Waals surface area contributed by atoms with E-state index in [0.717, 1.165) is 67.5 Å². The van der Waals surface area contributed by atoms with Gasteiger partial charge in [-0.15, -0.1) is 0 Å². The molecule has 1 aliphatic rings. The molecule has 1 aliphatic carbocycles. The quantitative estimate of drug-likeness (QED) is 0.213. The first-order chi connectivity index (χ1) is 18.1. The van der Waals surface area contributed by atoms with E-state index in [-0.39, 0.29) is 0 Å². The Hall–Kier alpha value is -4.78. The lowest BCUT2D eigenvalue weighted by Gasteiger charge is -2.09. The van der Waals surface area contributed by atoms with E-state index in [2.05, 4.69) is 62.7 Å². The number of H-pyrrole nitrogens is 2. The summed E-state index contributed by atoms with van der Waals surface area (Å²) in [4.78, 5) is 17.1. The van der Waals surface area contributed by atoms with Crippen molar-refractivity contribution in [2.45, 2.75) is 19.8 Å². The van der Waals surface area contributed by atoms with E-state index >= 15 is 0 Å². The van der Waals surface area contributed by atoms with Gasteiger partial charge in [-0.2, -0.15) is 5.10 Å². The van der Waals surface area contributed by atoms with Crippen molar-refractivity contribution in [3.8, 4) is 22.6 Å². The van der Waals surface area contributed by atoms with Crippen molar-refractivity contribution < 1.29 is 0 Å². The third-order valence-electron chi connectivity index (χ3n) is 6.65. The maximum absolute atomic E-state index is 4.98. The van der Waals surface area contributed by atoms with Gasteiger partial charge in [0.15, 0.2) is 0 Å². The first-order valence-electron chi connectivity index (χ1n) is 12.3. The molecule has 0 aliphatic heterocycles. The molecule has 5 aromatic heterocycles. The molecule has 6 rings (SSSR count). The molecule has 0 saturated heterocycles. The van der Waals surface area contributed by atoms with Crippen molar-refractivity contribution in [2.75, 3.05) is 5.32 Å². The monoisotopic (exact) mass is 485 g/mol. The Kier molecular flexibility index (Phi) is 5.73. The zero-order valence-corrected chi connectivity index (χ0v) is 20.6. The average Bonchev–Trinajstić information content (AvgIpc) is 3.59. The van der Waals surface area contributed by atoms with E-state index in [9.17, 15) is 0 Å². The second-order valence-electron chi connectivity index (χ2n) is 9.33. The predicted molar refractivity (Wildman–Crippen MR) is 149 cm³/mol. The van der Waals surface area contributed by atoms with Gasteiger partial charge in [0.05, 0.1) is 28.8 Å². The first kappa shape index (κ1) is 22.7. The highest BCUT2D eigenvalue weighted by molar-refractivity contribution is 5.92. The Balaban J connectivity index is 1.37. The van der Waals surface area contributed by atoms with Crippen molar-refractivity contribution in [3.63, 3.8) is 0 Å². The summed E-state index contributed by atoms with van der Waals surface area (Å²) in [5.41, 5.74) is 11.3. The zero-order valence-electron chi connectivity index (χ0n) is 20.6. The molecular weight excluding hydrogens is 458 g/mol. The number of nitrogens with one attached hydrogen (secondary N) is 3.